The first-order valence-corrected chi connectivity index (χ1v) is 10.4. The Morgan fingerprint density at radius 2 is 2.13 bits per heavy atom. The molecule has 1 aromatic carbocycles. The van der Waals surface area contributed by atoms with Crippen LogP contribution in [-0.4, -0.2) is 49.5 Å². The second-order valence-electron chi connectivity index (χ2n) is 6.75. The van der Waals surface area contributed by atoms with Gasteiger partial charge in [0.1, 0.15) is 24.6 Å². The fraction of sp³-hybridized carbons (Fsp3) is 0.412. The molecule has 0 spiro atoms. The summed E-state index contributed by atoms with van der Waals surface area (Å²) < 4.78 is 56.6. The van der Waals surface area contributed by atoms with Crippen molar-refractivity contribution in [3.63, 3.8) is 0 Å². The van der Waals surface area contributed by atoms with E-state index in [9.17, 15) is 29.5 Å². The van der Waals surface area contributed by atoms with E-state index in [0.29, 0.717) is 16.3 Å². The molecule has 0 radical (unpaired) electrons. The van der Waals surface area contributed by atoms with Gasteiger partial charge >= 0.3 is 13.5 Å². The van der Waals surface area contributed by atoms with Crippen molar-refractivity contribution < 1.29 is 44.0 Å². The number of aliphatic hydroxyl groups is 3. The number of aromatic nitrogens is 2. The van der Waals surface area contributed by atoms with Crippen molar-refractivity contribution in [3.05, 3.63) is 62.4 Å². The summed E-state index contributed by atoms with van der Waals surface area (Å²) in [6, 6.07) is 6.42. The van der Waals surface area contributed by atoms with Crippen molar-refractivity contribution in [1.82, 2.24) is 9.55 Å². The summed E-state index contributed by atoms with van der Waals surface area (Å²) in [5.74, 6) is -3.16. The molecule has 1 aromatic heterocycles. The van der Waals surface area contributed by atoms with Gasteiger partial charge in [0.05, 0.1) is 20.1 Å². The number of halogens is 1. The van der Waals surface area contributed by atoms with Gasteiger partial charge in [-0.1, -0.05) is 18.2 Å². The standard InChI is InChI=1S/C17H18FN2O10P/c18-17(8-28-31(26)27-7-9-3-1-2-4-11(9)30-31)13(23)12(22)15(29-17)20-5-10(6-21)14(24)19-16(20)25/h1-5,12-13,15,21-23H,6-8H2,(H,19,24,25)/t12-,13+,15-,17-,31?/m1/s1/i15D. The minimum Gasteiger partial charge on any atom is -0.404 e. The van der Waals surface area contributed by atoms with E-state index < -0.39 is 56.6 Å². The summed E-state index contributed by atoms with van der Waals surface area (Å²) in [4.78, 5) is 25.5. The zero-order valence-corrected chi connectivity index (χ0v) is 16.5. The van der Waals surface area contributed by atoms with Gasteiger partial charge in [-0.3, -0.25) is 23.4 Å². The Balaban J connectivity index is 1.58. The van der Waals surface area contributed by atoms with E-state index in [4.69, 9.17) is 19.7 Å². The van der Waals surface area contributed by atoms with Crippen LogP contribution >= 0.6 is 7.82 Å². The van der Waals surface area contributed by atoms with Gasteiger partial charge < -0.3 is 24.6 Å². The number of rotatable bonds is 5. The number of fused-ring (bicyclic) bond motifs is 1. The van der Waals surface area contributed by atoms with E-state index in [-0.39, 0.29) is 17.9 Å². The molecule has 1 fully saturated rings. The molecule has 1 saturated heterocycles. The van der Waals surface area contributed by atoms with Crippen LogP contribution in [0.3, 0.4) is 0 Å². The van der Waals surface area contributed by atoms with Gasteiger partial charge in [0, 0.05) is 11.8 Å². The maximum atomic E-state index is 15.4. The number of hydrogen-bond acceptors (Lipinski definition) is 10. The third kappa shape index (κ3) is 3.96. The second-order valence-corrected chi connectivity index (χ2v) is 8.34. The average Bonchev–Trinajstić information content (AvgIpc) is 2.93. The number of H-pyrrole nitrogens is 1. The lowest BCUT2D eigenvalue weighted by Crippen LogP contribution is -2.43. The normalized spacial score (nSPS) is 35.3. The number of alkyl halides is 1. The van der Waals surface area contributed by atoms with Crippen molar-refractivity contribution in [3.8, 4) is 5.75 Å². The number of aliphatic hydroxyl groups excluding tert-OH is 3. The number of ether oxygens (including phenoxy) is 1. The molecule has 4 N–H and O–H groups in total. The molecule has 1 unspecified atom stereocenters. The molecular formula is C17H18FN2O10P. The number of phosphoric ester groups is 1. The number of phosphoric acid groups is 1. The van der Waals surface area contributed by atoms with Crippen LogP contribution in [0.15, 0.2) is 40.1 Å². The van der Waals surface area contributed by atoms with Gasteiger partial charge in [-0.15, -0.1) is 0 Å². The maximum Gasteiger partial charge on any atom is 0.530 e. The number of hydrogen-bond donors (Lipinski definition) is 4. The molecular weight excluding hydrogens is 442 g/mol. The maximum absolute atomic E-state index is 15.4. The molecule has 0 saturated carbocycles. The second kappa shape index (κ2) is 7.95. The first-order chi connectivity index (χ1) is 15.0. The van der Waals surface area contributed by atoms with Crippen molar-refractivity contribution in [2.45, 2.75) is 37.5 Å². The summed E-state index contributed by atoms with van der Waals surface area (Å²) in [7, 11) is -4.35. The van der Waals surface area contributed by atoms with Crippen LogP contribution in [-0.2, 0) is 31.6 Å². The summed E-state index contributed by atoms with van der Waals surface area (Å²) in [6.45, 7) is -2.32. The van der Waals surface area contributed by atoms with Crippen LogP contribution in [0.1, 0.15) is 18.7 Å². The predicted octanol–water partition coefficient (Wildman–Crippen LogP) is -0.321. The van der Waals surface area contributed by atoms with Crippen molar-refractivity contribution in [1.29, 1.82) is 0 Å². The fourth-order valence-electron chi connectivity index (χ4n) is 3.00. The Morgan fingerprint density at radius 1 is 1.39 bits per heavy atom. The number of para-hydroxylation sites is 1. The third-order valence-electron chi connectivity index (χ3n) is 4.67. The lowest BCUT2D eigenvalue weighted by molar-refractivity contribution is -0.205. The number of benzene rings is 1. The number of aromatic amines is 1. The lowest BCUT2D eigenvalue weighted by atomic mass is 10.1. The monoisotopic (exact) mass is 461 g/mol. The largest absolute Gasteiger partial charge is 0.530 e. The smallest absolute Gasteiger partial charge is 0.404 e. The molecule has 2 aliphatic rings. The van der Waals surface area contributed by atoms with Crippen LogP contribution in [0, 0.1) is 0 Å². The van der Waals surface area contributed by atoms with E-state index in [1.54, 1.807) is 23.2 Å². The van der Waals surface area contributed by atoms with E-state index in [2.05, 4.69) is 0 Å². The van der Waals surface area contributed by atoms with Gasteiger partial charge in [0.2, 0.25) is 0 Å². The molecule has 5 atom stereocenters. The SMILES string of the molecule is [2H][C@@]1(n2cc(CO)c(=O)[nH]c2=O)O[C@](F)(COP2(=O)OCc3ccccc3O2)[C@@H](O)[C@H]1O. The van der Waals surface area contributed by atoms with Gasteiger partial charge in [0.25, 0.3) is 11.4 Å². The number of nitrogens with one attached hydrogen (secondary N) is 1. The highest BCUT2D eigenvalue weighted by Gasteiger charge is 2.57. The summed E-state index contributed by atoms with van der Waals surface area (Å²) in [5, 5.41) is 29.7. The van der Waals surface area contributed by atoms with E-state index in [1.807, 2.05) is 0 Å². The van der Waals surface area contributed by atoms with Crippen LogP contribution in [0.4, 0.5) is 4.39 Å². The minimum absolute atomic E-state index is 0.169. The predicted molar refractivity (Wildman–Crippen MR) is 98.6 cm³/mol. The molecule has 3 heterocycles. The summed E-state index contributed by atoms with van der Waals surface area (Å²) in [5.41, 5.74) is -2.07. The number of nitrogens with zero attached hydrogens (tertiary/aromatic N) is 1. The molecule has 2 aliphatic heterocycles. The molecule has 0 bridgehead atoms. The highest BCUT2D eigenvalue weighted by Crippen LogP contribution is 2.55. The van der Waals surface area contributed by atoms with E-state index in [0.717, 1.165) is 0 Å². The van der Waals surface area contributed by atoms with Crippen molar-refractivity contribution in [2.24, 2.45) is 0 Å². The van der Waals surface area contributed by atoms with Gasteiger partial charge in [-0.05, 0) is 6.07 Å². The molecule has 0 amide bonds. The average molecular weight is 461 g/mol. The van der Waals surface area contributed by atoms with Gasteiger partial charge in [0.15, 0.2) is 6.20 Å². The van der Waals surface area contributed by atoms with Gasteiger partial charge in [-0.2, -0.15) is 0 Å². The molecule has 31 heavy (non-hydrogen) atoms. The first kappa shape index (κ1) is 20.5. The Kier molecular flexibility index (Phi) is 5.26. The fourth-order valence-corrected chi connectivity index (χ4v) is 4.23. The summed E-state index contributed by atoms with van der Waals surface area (Å²) >= 11 is 0. The van der Waals surface area contributed by atoms with Gasteiger partial charge in [-0.25, -0.2) is 13.8 Å². The zero-order chi connectivity index (χ0) is 23.3. The first-order valence-electron chi connectivity index (χ1n) is 9.39. The quantitative estimate of drug-likeness (QED) is 0.433. The molecule has 12 nitrogen and oxygen atoms in total. The summed E-state index contributed by atoms with van der Waals surface area (Å²) in [6.07, 6.45) is -7.09. The van der Waals surface area contributed by atoms with E-state index in [1.165, 1.54) is 6.07 Å². The Hall–Kier alpha value is -2.38. The third-order valence-corrected chi connectivity index (χ3v) is 5.98. The van der Waals surface area contributed by atoms with Crippen molar-refractivity contribution in [2.75, 3.05) is 6.61 Å². The van der Waals surface area contributed by atoms with Crippen LogP contribution in [0.2, 0.25) is 0 Å². The Bertz CT molecular complexity index is 1210. The minimum atomic E-state index is -4.35. The Morgan fingerprint density at radius 3 is 2.87 bits per heavy atom. The Labute approximate surface area is 174 Å². The molecule has 0 aliphatic carbocycles. The van der Waals surface area contributed by atoms with Crippen molar-refractivity contribution >= 4 is 7.82 Å². The highest BCUT2D eigenvalue weighted by molar-refractivity contribution is 7.49. The molecule has 14 heteroatoms. The molecule has 2 aromatic rings. The molecule has 4 rings (SSSR count). The zero-order valence-electron chi connectivity index (χ0n) is 16.6. The van der Waals surface area contributed by atoms with Crippen LogP contribution in [0.5, 0.6) is 5.75 Å². The van der Waals surface area contributed by atoms with Crippen LogP contribution < -0.4 is 15.8 Å². The lowest BCUT2D eigenvalue weighted by Gasteiger charge is -2.28. The van der Waals surface area contributed by atoms with E-state index >= 15 is 4.39 Å². The highest BCUT2D eigenvalue weighted by atomic mass is 31.2. The molecule has 168 valence electrons. The van der Waals surface area contributed by atoms with Crippen LogP contribution in [0.25, 0.3) is 0 Å². The topological polar surface area (TPSA) is 170 Å².